The zero-order valence-corrected chi connectivity index (χ0v) is 12.7. The van der Waals surface area contributed by atoms with Crippen LogP contribution in [0.3, 0.4) is 0 Å². The third-order valence-corrected chi connectivity index (χ3v) is 5.44. The Morgan fingerprint density at radius 3 is 2.60 bits per heavy atom. The van der Waals surface area contributed by atoms with Crippen LogP contribution in [0.2, 0.25) is 0 Å². The fourth-order valence-corrected chi connectivity index (χ4v) is 3.95. The maximum Gasteiger partial charge on any atom is 0.216 e. The van der Waals surface area contributed by atoms with E-state index in [1.165, 1.54) is 12.8 Å². The first-order chi connectivity index (χ1) is 9.44. The van der Waals surface area contributed by atoms with Crippen molar-refractivity contribution < 1.29 is 8.42 Å². The number of hydrogen-bond donors (Lipinski definition) is 2. The summed E-state index contributed by atoms with van der Waals surface area (Å²) in [4.78, 5) is 0. The predicted octanol–water partition coefficient (Wildman–Crippen LogP) is 1.91. The number of hydrogen-bond acceptors (Lipinski definition) is 3. The fraction of sp³-hybridized carbons (Fsp3) is 0.600. The van der Waals surface area contributed by atoms with Crippen molar-refractivity contribution in [1.29, 1.82) is 0 Å². The summed E-state index contributed by atoms with van der Waals surface area (Å²) >= 11 is 0. The lowest BCUT2D eigenvalue weighted by Crippen LogP contribution is -2.35. The van der Waals surface area contributed by atoms with E-state index in [0.717, 1.165) is 30.5 Å². The minimum Gasteiger partial charge on any atom is -0.310 e. The van der Waals surface area contributed by atoms with Gasteiger partial charge in [0.05, 0.1) is 5.75 Å². The molecule has 1 aromatic carbocycles. The van der Waals surface area contributed by atoms with Gasteiger partial charge in [-0.25, -0.2) is 13.1 Å². The van der Waals surface area contributed by atoms with Gasteiger partial charge in [0.15, 0.2) is 0 Å². The number of sulfonamides is 1. The van der Waals surface area contributed by atoms with Crippen molar-refractivity contribution in [2.24, 2.45) is 0 Å². The first-order valence-corrected chi connectivity index (χ1v) is 8.92. The van der Waals surface area contributed by atoms with Crippen molar-refractivity contribution in [2.75, 3.05) is 0 Å². The predicted molar refractivity (Wildman–Crippen MR) is 79.7 cm³/mol. The van der Waals surface area contributed by atoms with Gasteiger partial charge in [0.2, 0.25) is 10.0 Å². The van der Waals surface area contributed by atoms with Crippen molar-refractivity contribution in [1.82, 2.24) is 10.0 Å². The van der Waals surface area contributed by atoms with Crippen LogP contribution in [0.25, 0.3) is 0 Å². The van der Waals surface area contributed by atoms with E-state index in [9.17, 15) is 8.42 Å². The molecule has 0 spiro atoms. The molecule has 2 N–H and O–H groups in total. The second-order valence-electron chi connectivity index (χ2n) is 6.40. The summed E-state index contributed by atoms with van der Waals surface area (Å²) in [6.07, 6.45) is 4.41. The molecule has 2 aliphatic rings. The lowest BCUT2D eigenvalue weighted by molar-refractivity contribution is 0.557. The Morgan fingerprint density at radius 2 is 1.95 bits per heavy atom. The Labute approximate surface area is 121 Å². The van der Waals surface area contributed by atoms with Crippen molar-refractivity contribution in [3.8, 4) is 0 Å². The smallest absolute Gasteiger partial charge is 0.216 e. The van der Waals surface area contributed by atoms with Crippen LogP contribution in [-0.2, 0) is 22.3 Å². The average molecular weight is 294 g/mol. The zero-order chi connectivity index (χ0) is 14.2. The van der Waals surface area contributed by atoms with Crippen molar-refractivity contribution >= 4 is 10.0 Å². The molecular formula is C15H22N2O2S. The molecule has 0 bridgehead atoms. The van der Waals surface area contributed by atoms with Crippen LogP contribution in [0.4, 0.5) is 0 Å². The molecule has 0 aliphatic heterocycles. The molecule has 110 valence electrons. The fourth-order valence-electron chi connectivity index (χ4n) is 2.30. The Bertz CT molecular complexity index is 590. The summed E-state index contributed by atoms with van der Waals surface area (Å²) in [5.41, 5.74) is 1.82. The van der Waals surface area contributed by atoms with Crippen LogP contribution < -0.4 is 10.0 Å². The minimum atomic E-state index is -3.24. The molecule has 3 rings (SSSR count). The lowest BCUT2D eigenvalue weighted by atomic mass is 10.1. The van der Waals surface area contributed by atoms with Crippen LogP contribution in [-0.4, -0.2) is 20.0 Å². The van der Waals surface area contributed by atoms with Gasteiger partial charge in [-0.15, -0.1) is 0 Å². The third-order valence-electron chi connectivity index (χ3n) is 3.92. The second-order valence-corrected chi connectivity index (χ2v) is 8.12. The molecule has 2 aliphatic carbocycles. The molecule has 2 fully saturated rings. The van der Waals surface area contributed by atoms with Gasteiger partial charge in [0.25, 0.3) is 0 Å². The second kappa shape index (κ2) is 5.13. The zero-order valence-electron chi connectivity index (χ0n) is 11.9. The van der Waals surface area contributed by atoms with Gasteiger partial charge in [-0.2, -0.15) is 0 Å². The van der Waals surface area contributed by atoms with Gasteiger partial charge in [-0.3, -0.25) is 0 Å². The molecule has 0 saturated heterocycles. The standard InChI is InChI=1S/C15H22N2O2S/c1-15(7-8-15)17-20(18,19)11-13-4-2-3-12(9-13)10-16-14-5-6-14/h2-4,9,14,16-17H,5-8,10-11H2,1H3. The highest BCUT2D eigenvalue weighted by Gasteiger charge is 2.40. The van der Waals surface area contributed by atoms with Crippen LogP contribution in [0.1, 0.15) is 43.7 Å². The van der Waals surface area contributed by atoms with Crippen LogP contribution in [0.5, 0.6) is 0 Å². The third kappa shape index (κ3) is 4.04. The van der Waals surface area contributed by atoms with E-state index in [2.05, 4.69) is 10.0 Å². The molecule has 4 nitrogen and oxygen atoms in total. The first-order valence-electron chi connectivity index (χ1n) is 7.27. The van der Waals surface area contributed by atoms with Gasteiger partial charge in [0, 0.05) is 18.1 Å². The van der Waals surface area contributed by atoms with Crippen LogP contribution in [0.15, 0.2) is 24.3 Å². The Kier molecular flexibility index (Phi) is 3.60. The molecule has 0 radical (unpaired) electrons. The van der Waals surface area contributed by atoms with E-state index in [4.69, 9.17) is 0 Å². The molecule has 0 aromatic heterocycles. The van der Waals surface area contributed by atoms with Gasteiger partial charge in [-0.05, 0) is 43.7 Å². The number of benzene rings is 1. The van der Waals surface area contributed by atoms with Crippen molar-refractivity contribution in [3.05, 3.63) is 35.4 Å². The molecule has 5 heteroatoms. The van der Waals surface area contributed by atoms with Crippen molar-refractivity contribution in [3.63, 3.8) is 0 Å². The monoisotopic (exact) mass is 294 g/mol. The van der Waals surface area contributed by atoms with Gasteiger partial charge in [-0.1, -0.05) is 24.3 Å². The Balaban J connectivity index is 1.62. The molecule has 0 heterocycles. The van der Waals surface area contributed by atoms with E-state index >= 15 is 0 Å². The summed E-state index contributed by atoms with van der Waals surface area (Å²) in [5, 5.41) is 3.45. The first kappa shape index (κ1) is 14.0. The van der Waals surface area contributed by atoms with Gasteiger partial charge < -0.3 is 5.32 Å². The average Bonchev–Trinajstić information content (AvgIpc) is 3.25. The minimum absolute atomic E-state index is 0.0693. The van der Waals surface area contributed by atoms with Crippen molar-refractivity contribution in [2.45, 2.75) is 56.5 Å². The molecule has 1 aromatic rings. The summed E-state index contributed by atoms with van der Waals surface area (Å²) in [6, 6.07) is 8.52. The van der Waals surface area contributed by atoms with Crippen LogP contribution >= 0.6 is 0 Å². The normalized spacial score (nSPS) is 20.9. The SMILES string of the molecule is CC1(NS(=O)(=O)Cc2cccc(CNC3CC3)c2)CC1. The highest BCUT2D eigenvalue weighted by atomic mass is 32.2. The van der Waals surface area contributed by atoms with E-state index in [1.54, 1.807) is 0 Å². The molecule has 0 amide bonds. The molecule has 20 heavy (non-hydrogen) atoms. The summed E-state index contributed by atoms with van der Waals surface area (Å²) in [6.45, 7) is 2.78. The van der Waals surface area contributed by atoms with E-state index in [0.29, 0.717) is 6.04 Å². The molecular weight excluding hydrogens is 272 g/mol. The van der Waals surface area contributed by atoms with E-state index < -0.39 is 10.0 Å². The Hall–Kier alpha value is -0.910. The van der Waals surface area contributed by atoms with E-state index in [1.807, 2.05) is 31.2 Å². The maximum absolute atomic E-state index is 12.1. The quantitative estimate of drug-likeness (QED) is 0.807. The summed E-state index contributed by atoms with van der Waals surface area (Å²) < 4.78 is 27.0. The number of nitrogens with one attached hydrogen (secondary N) is 2. The van der Waals surface area contributed by atoms with E-state index in [-0.39, 0.29) is 11.3 Å². The van der Waals surface area contributed by atoms with Gasteiger partial charge >= 0.3 is 0 Å². The molecule has 0 unspecified atom stereocenters. The largest absolute Gasteiger partial charge is 0.310 e. The van der Waals surface area contributed by atoms with Crippen LogP contribution in [0, 0.1) is 0 Å². The highest BCUT2D eigenvalue weighted by Crippen LogP contribution is 2.35. The summed E-state index contributed by atoms with van der Waals surface area (Å²) in [7, 11) is -3.24. The lowest BCUT2D eigenvalue weighted by Gasteiger charge is -2.12. The highest BCUT2D eigenvalue weighted by molar-refractivity contribution is 7.88. The maximum atomic E-state index is 12.1. The topological polar surface area (TPSA) is 58.2 Å². The van der Waals surface area contributed by atoms with Gasteiger partial charge in [0.1, 0.15) is 0 Å². The molecule has 0 atom stereocenters. The number of rotatable bonds is 7. The Morgan fingerprint density at radius 1 is 1.25 bits per heavy atom. The summed E-state index contributed by atoms with van der Waals surface area (Å²) in [5.74, 6) is 0.0693. The molecule has 2 saturated carbocycles.